The first-order valence-electron chi connectivity index (χ1n) is 7.22. The van der Waals surface area contributed by atoms with Gasteiger partial charge in [0.25, 0.3) is 5.91 Å². The Morgan fingerprint density at radius 2 is 2.16 bits per heavy atom. The quantitative estimate of drug-likeness (QED) is 0.764. The van der Waals surface area contributed by atoms with Gasteiger partial charge in [0.15, 0.2) is 0 Å². The first kappa shape index (κ1) is 18.7. The predicted molar refractivity (Wildman–Crippen MR) is 80.5 cm³/mol. The second-order valence-corrected chi connectivity index (χ2v) is 5.41. The minimum absolute atomic E-state index is 0. The zero-order valence-electron chi connectivity index (χ0n) is 12.4. The van der Waals surface area contributed by atoms with Gasteiger partial charge in [0.05, 0.1) is 0 Å². The van der Waals surface area contributed by atoms with Crippen molar-refractivity contribution < 1.29 is 9.53 Å². The van der Waals surface area contributed by atoms with Crippen LogP contribution in [0.5, 0.6) is 0 Å². The maximum absolute atomic E-state index is 12.2. The van der Waals surface area contributed by atoms with Crippen molar-refractivity contribution in [3.8, 4) is 0 Å². The highest BCUT2D eigenvalue weighted by Crippen LogP contribution is 2.19. The van der Waals surface area contributed by atoms with Gasteiger partial charge in [0.1, 0.15) is 6.10 Å². The van der Waals surface area contributed by atoms with Crippen molar-refractivity contribution in [2.24, 2.45) is 11.7 Å². The molecular weight excluding hydrogens is 264 g/mol. The average molecular weight is 293 g/mol. The van der Waals surface area contributed by atoms with Crippen molar-refractivity contribution in [3.63, 3.8) is 0 Å². The van der Waals surface area contributed by atoms with E-state index < -0.39 is 0 Å². The number of piperidine rings is 1. The van der Waals surface area contributed by atoms with Crippen LogP contribution in [-0.4, -0.2) is 42.6 Å². The highest BCUT2D eigenvalue weighted by atomic mass is 35.5. The van der Waals surface area contributed by atoms with Crippen LogP contribution in [0.15, 0.2) is 0 Å². The summed E-state index contributed by atoms with van der Waals surface area (Å²) < 4.78 is 5.57. The van der Waals surface area contributed by atoms with Gasteiger partial charge in [-0.15, -0.1) is 12.4 Å². The van der Waals surface area contributed by atoms with Crippen LogP contribution in [0.3, 0.4) is 0 Å². The second kappa shape index (κ2) is 9.56. The van der Waals surface area contributed by atoms with Gasteiger partial charge >= 0.3 is 0 Å². The monoisotopic (exact) mass is 292 g/mol. The third kappa shape index (κ3) is 6.11. The molecule has 1 aliphatic heterocycles. The normalized spacial score (nSPS) is 22.5. The molecule has 0 aromatic heterocycles. The molecule has 0 aliphatic carbocycles. The number of amides is 1. The van der Waals surface area contributed by atoms with Crippen molar-refractivity contribution in [1.29, 1.82) is 0 Å². The largest absolute Gasteiger partial charge is 0.369 e. The Hall–Kier alpha value is -0.320. The Bertz CT molecular complexity index is 262. The van der Waals surface area contributed by atoms with Gasteiger partial charge in [-0.1, -0.05) is 13.3 Å². The van der Waals surface area contributed by atoms with Crippen molar-refractivity contribution in [1.82, 2.24) is 4.90 Å². The van der Waals surface area contributed by atoms with E-state index in [9.17, 15) is 4.79 Å². The first-order chi connectivity index (χ1) is 8.56. The van der Waals surface area contributed by atoms with E-state index in [1.165, 1.54) is 0 Å². The molecule has 0 radical (unpaired) electrons. The van der Waals surface area contributed by atoms with Crippen molar-refractivity contribution in [2.75, 3.05) is 19.7 Å². The molecule has 1 aliphatic rings. The number of carbonyl (C=O) groups is 1. The summed E-state index contributed by atoms with van der Waals surface area (Å²) in [5.74, 6) is 0.557. The highest BCUT2D eigenvalue weighted by molar-refractivity contribution is 5.85. The van der Waals surface area contributed by atoms with Gasteiger partial charge < -0.3 is 15.4 Å². The zero-order valence-corrected chi connectivity index (χ0v) is 13.2. The van der Waals surface area contributed by atoms with Crippen LogP contribution in [0.2, 0.25) is 0 Å². The van der Waals surface area contributed by atoms with Gasteiger partial charge in [-0.2, -0.15) is 0 Å². The molecule has 5 heteroatoms. The molecule has 0 spiro atoms. The van der Waals surface area contributed by atoms with E-state index in [0.29, 0.717) is 12.5 Å². The lowest BCUT2D eigenvalue weighted by molar-refractivity contribution is -0.144. The second-order valence-electron chi connectivity index (χ2n) is 5.41. The maximum atomic E-state index is 12.2. The fourth-order valence-electron chi connectivity index (χ4n) is 2.37. The van der Waals surface area contributed by atoms with Gasteiger partial charge in [-0.3, -0.25) is 4.79 Å². The summed E-state index contributed by atoms with van der Waals surface area (Å²) in [6, 6.07) is 0.164. The Morgan fingerprint density at radius 3 is 2.74 bits per heavy atom. The number of rotatable bonds is 6. The third-order valence-electron chi connectivity index (χ3n) is 3.73. The summed E-state index contributed by atoms with van der Waals surface area (Å²) >= 11 is 0. The number of nitrogens with zero attached hydrogens (tertiary/aromatic N) is 1. The Morgan fingerprint density at radius 1 is 1.47 bits per heavy atom. The number of carbonyl (C=O) groups excluding carboxylic acids is 1. The lowest BCUT2D eigenvalue weighted by Crippen LogP contribution is -2.48. The number of hydrogen-bond donors (Lipinski definition) is 1. The van der Waals surface area contributed by atoms with E-state index in [-0.39, 0.29) is 30.5 Å². The van der Waals surface area contributed by atoms with Crippen LogP contribution in [0.4, 0.5) is 0 Å². The minimum Gasteiger partial charge on any atom is -0.369 e. The Kier molecular flexibility index (Phi) is 9.40. The van der Waals surface area contributed by atoms with E-state index in [4.69, 9.17) is 10.5 Å². The molecule has 1 fully saturated rings. The van der Waals surface area contributed by atoms with Crippen LogP contribution in [0.1, 0.15) is 46.5 Å². The number of unbranched alkanes of at least 4 members (excludes halogenated alkanes) is 1. The van der Waals surface area contributed by atoms with E-state index >= 15 is 0 Å². The molecule has 3 atom stereocenters. The first-order valence-corrected chi connectivity index (χ1v) is 7.22. The molecule has 0 aromatic rings. The minimum atomic E-state index is -0.316. The lowest BCUT2D eigenvalue weighted by atomic mass is 9.92. The molecule has 19 heavy (non-hydrogen) atoms. The summed E-state index contributed by atoms with van der Waals surface area (Å²) in [6.45, 7) is 8.32. The number of nitrogens with two attached hydrogens (primary N) is 1. The topological polar surface area (TPSA) is 55.6 Å². The molecule has 0 aromatic carbocycles. The molecule has 4 nitrogen and oxygen atoms in total. The lowest BCUT2D eigenvalue weighted by Gasteiger charge is -2.35. The van der Waals surface area contributed by atoms with Gasteiger partial charge in [0, 0.05) is 25.7 Å². The molecule has 0 bridgehead atoms. The van der Waals surface area contributed by atoms with E-state index in [2.05, 4.69) is 6.92 Å². The fraction of sp³-hybridized carbons (Fsp3) is 0.929. The van der Waals surface area contributed by atoms with E-state index in [1.54, 1.807) is 0 Å². The summed E-state index contributed by atoms with van der Waals surface area (Å²) in [5, 5.41) is 0. The van der Waals surface area contributed by atoms with Crippen LogP contribution in [0, 0.1) is 5.92 Å². The SMILES string of the molecule is CCCCOC(C)C(=O)N1CCCC(C(C)N)C1.Cl. The molecule has 114 valence electrons. The predicted octanol–water partition coefficient (Wildman–Crippen LogP) is 2.20. The molecule has 0 saturated carbocycles. The zero-order chi connectivity index (χ0) is 13.5. The van der Waals surface area contributed by atoms with Crippen molar-refractivity contribution >= 4 is 18.3 Å². The summed E-state index contributed by atoms with van der Waals surface area (Å²) in [6.07, 6.45) is 3.98. The number of hydrogen-bond acceptors (Lipinski definition) is 3. The summed E-state index contributed by atoms with van der Waals surface area (Å²) in [7, 11) is 0. The molecule has 3 unspecified atom stereocenters. The molecule has 1 saturated heterocycles. The standard InChI is InChI=1S/C14H28N2O2.ClH/c1-4-5-9-18-12(3)14(17)16-8-6-7-13(10-16)11(2)15;/h11-13H,4-10,15H2,1-3H3;1H. The van der Waals surface area contributed by atoms with Crippen LogP contribution >= 0.6 is 12.4 Å². The maximum Gasteiger partial charge on any atom is 0.251 e. The highest BCUT2D eigenvalue weighted by Gasteiger charge is 2.28. The van der Waals surface area contributed by atoms with Crippen molar-refractivity contribution in [3.05, 3.63) is 0 Å². The van der Waals surface area contributed by atoms with Crippen LogP contribution in [0.25, 0.3) is 0 Å². The molecular formula is C14H29ClN2O2. The van der Waals surface area contributed by atoms with Crippen molar-refractivity contribution in [2.45, 2.75) is 58.6 Å². The van der Waals surface area contributed by atoms with E-state index in [0.717, 1.165) is 38.8 Å². The smallest absolute Gasteiger partial charge is 0.251 e. The Balaban J connectivity index is 0.00000324. The van der Waals surface area contributed by atoms with Gasteiger partial charge in [0.2, 0.25) is 0 Å². The molecule has 1 rings (SSSR count). The molecule has 2 N–H and O–H groups in total. The summed E-state index contributed by atoms with van der Waals surface area (Å²) in [4.78, 5) is 14.1. The molecule has 1 amide bonds. The number of halogens is 1. The van der Waals surface area contributed by atoms with E-state index in [1.807, 2.05) is 18.7 Å². The molecule has 1 heterocycles. The van der Waals surface area contributed by atoms with Crippen LogP contribution in [-0.2, 0) is 9.53 Å². The number of likely N-dealkylation sites (tertiary alicyclic amines) is 1. The third-order valence-corrected chi connectivity index (χ3v) is 3.73. The van der Waals surface area contributed by atoms with Crippen LogP contribution < -0.4 is 5.73 Å². The van der Waals surface area contributed by atoms with Gasteiger partial charge in [-0.25, -0.2) is 0 Å². The average Bonchev–Trinajstić information content (AvgIpc) is 2.38. The van der Waals surface area contributed by atoms with Gasteiger partial charge in [-0.05, 0) is 39.0 Å². The fourth-order valence-corrected chi connectivity index (χ4v) is 2.37. The number of ether oxygens (including phenoxy) is 1. The Labute approximate surface area is 123 Å². The summed E-state index contributed by atoms with van der Waals surface area (Å²) in [5.41, 5.74) is 5.93.